The summed E-state index contributed by atoms with van der Waals surface area (Å²) in [5.74, 6) is 1.000. The van der Waals surface area contributed by atoms with Gasteiger partial charge in [0.1, 0.15) is 11.4 Å². The molecule has 0 unspecified atom stereocenters. The molecule has 0 fully saturated rings. The molecule has 1 aliphatic rings. The minimum Gasteiger partial charge on any atom is -0.494 e. The lowest BCUT2D eigenvalue weighted by molar-refractivity contribution is -0.131. The van der Waals surface area contributed by atoms with Crippen molar-refractivity contribution in [3.05, 3.63) is 59.1 Å². The fourth-order valence-corrected chi connectivity index (χ4v) is 4.06. The third-order valence-corrected chi connectivity index (χ3v) is 5.62. The second-order valence-electron chi connectivity index (χ2n) is 6.64. The predicted molar refractivity (Wildman–Crippen MR) is 107 cm³/mol. The molecule has 0 saturated heterocycles. The van der Waals surface area contributed by atoms with Crippen LogP contribution in [-0.4, -0.2) is 33.7 Å². The largest absolute Gasteiger partial charge is 0.494 e. The van der Waals surface area contributed by atoms with Crippen LogP contribution < -0.4 is 4.74 Å². The number of aromatic nitrogens is 2. The van der Waals surface area contributed by atoms with Crippen LogP contribution in [-0.2, 0) is 24.3 Å². The second kappa shape index (κ2) is 7.96. The highest BCUT2D eigenvalue weighted by atomic mass is 32.1. The molecule has 3 aromatic rings. The van der Waals surface area contributed by atoms with Gasteiger partial charge in [-0.3, -0.25) is 9.48 Å². The monoisotopic (exact) mass is 381 g/mol. The first-order valence-electron chi connectivity index (χ1n) is 9.33. The van der Waals surface area contributed by atoms with E-state index in [-0.39, 0.29) is 5.91 Å². The number of nitrogens with zero attached hydrogens (tertiary/aromatic N) is 3. The molecule has 2 aromatic heterocycles. The van der Waals surface area contributed by atoms with Crippen molar-refractivity contribution in [1.82, 2.24) is 14.7 Å². The molecule has 0 radical (unpaired) electrons. The van der Waals surface area contributed by atoms with E-state index in [4.69, 9.17) is 9.84 Å². The van der Waals surface area contributed by atoms with Crippen molar-refractivity contribution in [3.63, 3.8) is 0 Å². The molecule has 4 rings (SSSR count). The number of ether oxygens (including phenoxy) is 1. The van der Waals surface area contributed by atoms with Crippen molar-refractivity contribution in [2.45, 2.75) is 32.9 Å². The highest BCUT2D eigenvalue weighted by Crippen LogP contribution is 2.26. The third-order valence-electron chi connectivity index (χ3n) is 4.73. The van der Waals surface area contributed by atoms with Crippen molar-refractivity contribution >= 4 is 17.2 Å². The van der Waals surface area contributed by atoms with Gasteiger partial charge >= 0.3 is 0 Å². The molecule has 5 nitrogen and oxygen atoms in total. The maximum absolute atomic E-state index is 12.8. The Morgan fingerprint density at radius 1 is 1.22 bits per heavy atom. The Morgan fingerprint density at radius 2 is 2.07 bits per heavy atom. The Bertz CT molecular complexity index is 900. The first-order chi connectivity index (χ1) is 13.2. The minimum atomic E-state index is 0.159. The summed E-state index contributed by atoms with van der Waals surface area (Å²) < 4.78 is 7.52. The van der Waals surface area contributed by atoms with Crippen molar-refractivity contribution in [1.29, 1.82) is 0 Å². The highest BCUT2D eigenvalue weighted by molar-refractivity contribution is 7.13. The first-order valence-corrected chi connectivity index (χ1v) is 10.2. The number of hydrogen-bond acceptors (Lipinski definition) is 4. The Morgan fingerprint density at radius 3 is 2.81 bits per heavy atom. The Kier molecular flexibility index (Phi) is 5.25. The van der Waals surface area contributed by atoms with Crippen molar-refractivity contribution in [3.8, 4) is 16.3 Å². The van der Waals surface area contributed by atoms with Gasteiger partial charge in [-0.25, -0.2) is 0 Å². The summed E-state index contributed by atoms with van der Waals surface area (Å²) in [7, 11) is 0. The van der Waals surface area contributed by atoms with Gasteiger partial charge in [0.2, 0.25) is 5.91 Å². The average Bonchev–Trinajstić information content (AvgIpc) is 3.29. The van der Waals surface area contributed by atoms with Crippen LogP contribution in [0.4, 0.5) is 0 Å². The topological polar surface area (TPSA) is 47.4 Å². The molecule has 0 bridgehead atoms. The fourth-order valence-electron chi connectivity index (χ4n) is 3.38. The van der Waals surface area contributed by atoms with Crippen LogP contribution in [0.15, 0.2) is 47.8 Å². The van der Waals surface area contributed by atoms with E-state index in [0.717, 1.165) is 42.2 Å². The number of benzene rings is 1. The molecule has 140 valence electrons. The van der Waals surface area contributed by atoms with Crippen molar-refractivity contribution in [2.24, 2.45) is 0 Å². The summed E-state index contributed by atoms with van der Waals surface area (Å²) in [5, 5.41) is 6.80. The van der Waals surface area contributed by atoms with Crippen LogP contribution in [0.5, 0.6) is 5.75 Å². The van der Waals surface area contributed by atoms with Crippen molar-refractivity contribution in [2.75, 3.05) is 13.2 Å². The quantitative estimate of drug-likeness (QED) is 0.671. The molecule has 6 heteroatoms. The highest BCUT2D eigenvalue weighted by Gasteiger charge is 2.21. The summed E-state index contributed by atoms with van der Waals surface area (Å²) >= 11 is 1.69. The third kappa shape index (κ3) is 4.06. The van der Waals surface area contributed by atoms with Gasteiger partial charge in [-0.15, -0.1) is 11.3 Å². The van der Waals surface area contributed by atoms with E-state index < -0.39 is 0 Å². The normalized spacial score (nSPS) is 13.9. The molecule has 0 atom stereocenters. The molecule has 1 amide bonds. The second-order valence-corrected chi connectivity index (χ2v) is 7.59. The number of rotatable bonds is 5. The van der Waals surface area contributed by atoms with Gasteiger partial charge in [-0.05, 0) is 48.6 Å². The maximum Gasteiger partial charge on any atom is 0.227 e. The molecule has 3 heterocycles. The lowest BCUT2D eigenvalue weighted by Gasteiger charge is -2.20. The smallest absolute Gasteiger partial charge is 0.227 e. The van der Waals surface area contributed by atoms with Crippen LogP contribution in [0, 0.1) is 0 Å². The lowest BCUT2D eigenvalue weighted by Crippen LogP contribution is -2.32. The van der Waals surface area contributed by atoms with E-state index in [1.54, 1.807) is 11.3 Å². The van der Waals surface area contributed by atoms with Gasteiger partial charge in [0, 0.05) is 13.1 Å². The maximum atomic E-state index is 12.8. The van der Waals surface area contributed by atoms with Crippen LogP contribution in [0.1, 0.15) is 24.6 Å². The molecule has 27 heavy (non-hydrogen) atoms. The molecule has 0 aliphatic carbocycles. The summed E-state index contributed by atoms with van der Waals surface area (Å²) in [4.78, 5) is 16.0. The molecule has 0 saturated carbocycles. The van der Waals surface area contributed by atoms with Crippen LogP contribution in [0.25, 0.3) is 10.6 Å². The molecule has 1 aromatic carbocycles. The van der Waals surface area contributed by atoms with Crippen LogP contribution in [0.3, 0.4) is 0 Å². The molecule has 1 aliphatic heterocycles. The Labute approximate surface area is 163 Å². The van der Waals surface area contributed by atoms with E-state index in [1.165, 1.54) is 4.88 Å². The van der Waals surface area contributed by atoms with Gasteiger partial charge in [0.15, 0.2) is 0 Å². The van der Waals surface area contributed by atoms with Gasteiger partial charge in [-0.1, -0.05) is 18.2 Å². The molecular weight excluding hydrogens is 358 g/mol. The van der Waals surface area contributed by atoms with Gasteiger partial charge < -0.3 is 9.64 Å². The number of aryl methyl sites for hydroxylation is 1. The lowest BCUT2D eigenvalue weighted by atomic mass is 10.1. The van der Waals surface area contributed by atoms with Gasteiger partial charge in [0.25, 0.3) is 0 Å². The fraction of sp³-hybridized carbons (Fsp3) is 0.333. The molecular formula is C21H23N3O2S. The average molecular weight is 382 g/mol. The summed E-state index contributed by atoms with van der Waals surface area (Å²) in [6, 6.07) is 14.0. The zero-order valence-electron chi connectivity index (χ0n) is 15.4. The van der Waals surface area contributed by atoms with Crippen LogP contribution in [0.2, 0.25) is 0 Å². The minimum absolute atomic E-state index is 0.159. The van der Waals surface area contributed by atoms with E-state index >= 15 is 0 Å². The SMILES string of the molecule is CCOc1ccc(CC(=O)N2CCCn3nc(-c4cccs4)cc3C2)cc1. The van der Waals surface area contributed by atoms with Crippen molar-refractivity contribution < 1.29 is 9.53 Å². The van der Waals surface area contributed by atoms with Gasteiger partial charge in [-0.2, -0.15) is 5.10 Å². The van der Waals surface area contributed by atoms with E-state index in [0.29, 0.717) is 19.6 Å². The summed E-state index contributed by atoms with van der Waals surface area (Å²) in [6.07, 6.45) is 1.34. The van der Waals surface area contributed by atoms with E-state index in [1.807, 2.05) is 42.2 Å². The van der Waals surface area contributed by atoms with Gasteiger partial charge in [0.05, 0.1) is 30.1 Å². The number of amides is 1. The first kappa shape index (κ1) is 17.8. The number of thiophene rings is 1. The number of fused-ring (bicyclic) bond motifs is 1. The zero-order chi connectivity index (χ0) is 18.6. The Hall–Kier alpha value is -2.60. The number of carbonyl (C=O) groups excluding carboxylic acids is 1. The summed E-state index contributed by atoms with van der Waals surface area (Å²) in [6.45, 7) is 4.86. The van der Waals surface area contributed by atoms with E-state index in [9.17, 15) is 4.79 Å². The Balaban J connectivity index is 1.45. The molecule has 0 N–H and O–H groups in total. The standard InChI is InChI=1S/C21H23N3O2S/c1-2-26-18-8-6-16(7-9-18)13-21(25)23-10-4-11-24-17(15-23)14-19(22-24)20-5-3-12-27-20/h3,5-9,12,14H,2,4,10-11,13,15H2,1H3. The molecule has 0 spiro atoms. The summed E-state index contributed by atoms with van der Waals surface area (Å²) in [5.41, 5.74) is 3.12. The zero-order valence-corrected chi connectivity index (χ0v) is 16.2. The van der Waals surface area contributed by atoms with E-state index in [2.05, 4.69) is 22.2 Å². The van der Waals surface area contributed by atoms with Crippen LogP contribution >= 0.6 is 11.3 Å². The predicted octanol–water partition coefficient (Wildman–Crippen LogP) is 3.99. The number of carbonyl (C=O) groups is 1. The number of hydrogen-bond donors (Lipinski definition) is 0.